The third-order valence-electron chi connectivity index (χ3n) is 4.24. The lowest BCUT2D eigenvalue weighted by atomic mass is 10.1. The van der Waals surface area contributed by atoms with Gasteiger partial charge in [0.2, 0.25) is 0 Å². The molecule has 11 nitrogen and oxygen atoms in total. The Morgan fingerprint density at radius 3 is 1.71 bits per heavy atom. The lowest BCUT2D eigenvalue weighted by Crippen LogP contribution is -3.00. The molecule has 1 N–H and O–H groups in total. The van der Waals surface area contributed by atoms with Crippen LogP contribution in [0.15, 0.2) is 0 Å². The van der Waals surface area contributed by atoms with Gasteiger partial charge >= 0.3 is 17.9 Å². The number of hydrogen-bond acceptors (Lipinski definition) is 8. The van der Waals surface area contributed by atoms with Gasteiger partial charge in [-0.3, -0.25) is 19.2 Å². The van der Waals surface area contributed by atoms with Gasteiger partial charge in [0.25, 0.3) is 11.8 Å². The standard InChI is InChI=1S/C20H23I3N2O9.ClH/c1-5-33-11(27)7-25(8-12(28)34-6-2)19(29)13-15(21)14(20(30)31)17(23)18(16(13)22)24(3)10(26)9-32-4;/h5-9H2,1-4H3,(H,30,31);1H/p-1. The number of nitrogens with zero attached hydrogens (tertiary/aromatic N) is 2. The van der Waals surface area contributed by atoms with Crippen LogP contribution >= 0.6 is 67.8 Å². The number of methoxy groups -OCH3 is 1. The quantitative estimate of drug-likeness (QED) is 0.228. The van der Waals surface area contributed by atoms with E-state index in [1.165, 1.54) is 19.1 Å². The van der Waals surface area contributed by atoms with Gasteiger partial charge in [-0.05, 0) is 81.6 Å². The molecule has 35 heavy (non-hydrogen) atoms. The van der Waals surface area contributed by atoms with E-state index in [1.54, 1.807) is 59.0 Å². The number of carbonyl (C=O) groups is 5. The maximum absolute atomic E-state index is 13.6. The highest BCUT2D eigenvalue weighted by Gasteiger charge is 2.33. The molecule has 0 saturated heterocycles. The van der Waals surface area contributed by atoms with Crippen molar-refractivity contribution in [2.75, 3.05) is 52.0 Å². The van der Waals surface area contributed by atoms with E-state index in [2.05, 4.69) is 0 Å². The van der Waals surface area contributed by atoms with Gasteiger partial charge in [-0.2, -0.15) is 0 Å². The zero-order chi connectivity index (χ0) is 26.2. The summed E-state index contributed by atoms with van der Waals surface area (Å²) in [6.07, 6.45) is 0. The fourth-order valence-corrected chi connectivity index (χ4v) is 7.56. The van der Waals surface area contributed by atoms with Gasteiger partial charge in [-0.1, -0.05) is 0 Å². The highest BCUT2D eigenvalue weighted by atomic mass is 127. The topological polar surface area (TPSA) is 140 Å². The molecule has 196 valence electrons. The molecule has 0 heterocycles. The van der Waals surface area contributed by atoms with E-state index in [9.17, 15) is 29.1 Å². The smallest absolute Gasteiger partial charge is 0.337 e. The van der Waals surface area contributed by atoms with Crippen LogP contribution in [0.5, 0.6) is 0 Å². The van der Waals surface area contributed by atoms with Crippen LogP contribution in [0, 0.1) is 10.7 Å². The molecule has 0 fully saturated rings. The fraction of sp³-hybridized carbons (Fsp3) is 0.450. The van der Waals surface area contributed by atoms with Crippen LogP contribution in [0.25, 0.3) is 0 Å². The average molecular weight is 852 g/mol. The van der Waals surface area contributed by atoms with Crippen molar-refractivity contribution in [3.05, 3.63) is 21.8 Å². The Morgan fingerprint density at radius 1 is 0.857 bits per heavy atom. The number of esters is 2. The van der Waals surface area contributed by atoms with Crippen LogP contribution in [0.2, 0.25) is 0 Å². The summed E-state index contributed by atoms with van der Waals surface area (Å²) in [5.41, 5.74) is -0.0689. The van der Waals surface area contributed by atoms with E-state index in [0.29, 0.717) is 0 Å². The molecular formula is C20H23ClI3N2O9-. The zero-order valence-electron chi connectivity index (χ0n) is 19.2. The minimum Gasteiger partial charge on any atom is -1.00 e. The van der Waals surface area contributed by atoms with Gasteiger partial charge in [-0.25, -0.2) is 4.79 Å². The predicted octanol–water partition coefficient (Wildman–Crippen LogP) is -0.620. The predicted molar refractivity (Wildman–Crippen MR) is 146 cm³/mol. The Labute approximate surface area is 249 Å². The van der Waals surface area contributed by atoms with Gasteiger partial charge in [0, 0.05) is 17.7 Å². The summed E-state index contributed by atoms with van der Waals surface area (Å²) in [5.74, 6) is -4.06. The molecule has 0 saturated carbocycles. The highest BCUT2D eigenvalue weighted by Crippen LogP contribution is 2.38. The minimum atomic E-state index is -1.31. The maximum atomic E-state index is 13.6. The van der Waals surface area contributed by atoms with Crippen molar-refractivity contribution in [3.8, 4) is 0 Å². The molecule has 0 atom stereocenters. The number of aromatic carboxylic acids is 1. The number of ether oxygens (including phenoxy) is 3. The third kappa shape index (κ3) is 8.81. The van der Waals surface area contributed by atoms with E-state index < -0.39 is 42.8 Å². The van der Waals surface area contributed by atoms with Crippen LogP contribution in [0.3, 0.4) is 0 Å². The molecule has 0 bridgehead atoms. The number of anilines is 1. The van der Waals surface area contributed by atoms with Crippen molar-refractivity contribution in [2.24, 2.45) is 0 Å². The number of amides is 2. The lowest BCUT2D eigenvalue weighted by Gasteiger charge is -2.27. The molecule has 0 aliphatic heterocycles. The minimum absolute atomic E-state index is 0. The summed E-state index contributed by atoms with van der Waals surface area (Å²) in [6, 6.07) is 0. The van der Waals surface area contributed by atoms with Crippen molar-refractivity contribution in [2.45, 2.75) is 13.8 Å². The van der Waals surface area contributed by atoms with Gasteiger partial charge < -0.3 is 41.5 Å². The Balaban J connectivity index is 0.0000116. The summed E-state index contributed by atoms with van der Waals surface area (Å²) in [7, 11) is 2.78. The third-order valence-corrected chi connectivity index (χ3v) is 7.42. The number of carboxylic acids is 1. The Morgan fingerprint density at radius 2 is 1.31 bits per heavy atom. The molecule has 1 aromatic rings. The Hall–Kier alpha value is -0.990. The molecule has 0 aliphatic carbocycles. The lowest BCUT2D eigenvalue weighted by molar-refractivity contribution is -0.147. The number of rotatable bonds is 11. The first-order valence-electron chi connectivity index (χ1n) is 9.72. The summed E-state index contributed by atoms with van der Waals surface area (Å²) >= 11 is 5.38. The first kappa shape index (κ1) is 34.0. The molecule has 0 aliphatic rings. The molecular weight excluding hydrogens is 828 g/mol. The number of hydrogen-bond donors (Lipinski definition) is 1. The highest BCUT2D eigenvalue weighted by molar-refractivity contribution is 14.1. The Bertz CT molecular complexity index is 971. The second-order valence-corrected chi connectivity index (χ2v) is 9.74. The summed E-state index contributed by atoms with van der Waals surface area (Å²) in [4.78, 5) is 64.6. The van der Waals surface area contributed by atoms with Crippen LogP contribution in [0.4, 0.5) is 5.69 Å². The fourth-order valence-electron chi connectivity index (χ4n) is 2.75. The second-order valence-electron chi connectivity index (χ2n) is 6.50. The molecule has 2 amide bonds. The number of carboxylic acid groups (broad SMARTS) is 1. The molecule has 15 heteroatoms. The summed E-state index contributed by atoms with van der Waals surface area (Å²) < 4.78 is 15.3. The molecule has 0 unspecified atom stereocenters. The number of likely N-dealkylation sites (N-methyl/N-ethyl adjacent to an activating group) is 1. The van der Waals surface area contributed by atoms with Gasteiger partial charge in [-0.15, -0.1) is 0 Å². The molecule has 0 spiro atoms. The van der Waals surface area contributed by atoms with E-state index in [0.717, 1.165) is 4.90 Å². The number of halogens is 4. The first-order chi connectivity index (χ1) is 15.9. The van der Waals surface area contributed by atoms with Gasteiger partial charge in [0.1, 0.15) is 19.7 Å². The van der Waals surface area contributed by atoms with Gasteiger partial charge in [0.15, 0.2) is 0 Å². The van der Waals surface area contributed by atoms with Crippen molar-refractivity contribution >= 4 is 103 Å². The van der Waals surface area contributed by atoms with Crippen LogP contribution in [0.1, 0.15) is 34.6 Å². The van der Waals surface area contributed by atoms with E-state index >= 15 is 0 Å². The van der Waals surface area contributed by atoms with Crippen LogP contribution in [-0.4, -0.2) is 86.8 Å². The van der Waals surface area contributed by atoms with Crippen molar-refractivity contribution < 1.29 is 55.7 Å². The largest absolute Gasteiger partial charge is 1.00 e. The monoisotopic (exact) mass is 851 g/mol. The number of benzene rings is 1. The van der Waals surface area contributed by atoms with Crippen molar-refractivity contribution in [1.29, 1.82) is 0 Å². The number of carbonyl (C=O) groups excluding carboxylic acids is 4. The van der Waals surface area contributed by atoms with Crippen molar-refractivity contribution in [3.63, 3.8) is 0 Å². The first-order valence-corrected chi connectivity index (χ1v) is 13.0. The SMILES string of the molecule is CCOC(=O)CN(CC(=O)OCC)C(=O)c1c(I)c(C(=O)O)c(I)c(N(C)C(=O)COC)c1I.[Cl-]. The van der Waals surface area contributed by atoms with Crippen molar-refractivity contribution in [1.82, 2.24) is 4.90 Å². The normalized spacial score (nSPS) is 10.1. The molecule has 1 aromatic carbocycles. The van der Waals surface area contributed by atoms with E-state index in [-0.39, 0.29) is 59.8 Å². The van der Waals surface area contributed by atoms with Crippen LogP contribution < -0.4 is 17.3 Å². The molecule has 0 aromatic heterocycles. The second kappa shape index (κ2) is 16.0. The summed E-state index contributed by atoms with van der Waals surface area (Å²) in [6.45, 7) is 1.95. The summed E-state index contributed by atoms with van der Waals surface area (Å²) in [5, 5.41) is 9.85. The maximum Gasteiger partial charge on any atom is 0.337 e. The van der Waals surface area contributed by atoms with Crippen LogP contribution in [-0.2, 0) is 28.6 Å². The molecule has 0 radical (unpaired) electrons. The van der Waals surface area contributed by atoms with E-state index in [4.69, 9.17) is 14.2 Å². The molecule has 1 rings (SSSR count). The van der Waals surface area contributed by atoms with E-state index in [1.807, 2.05) is 22.6 Å². The zero-order valence-corrected chi connectivity index (χ0v) is 26.4. The van der Waals surface area contributed by atoms with Gasteiger partial charge in [0.05, 0.1) is 37.2 Å². The Kier molecular flexibility index (Phi) is 15.5. The average Bonchev–Trinajstić information content (AvgIpc) is 2.73.